The SMILES string of the molecule is CCn1nc(C)c(Br)c1COc1c(C=O)cccc1OC. The molecule has 0 radical (unpaired) electrons. The Bertz CT molecular complexity index is 653. The molecule has 2 aromatic rings. The van der Waals surface area contributed by atoms with Crippen LogP contribution in [0.5, 0.6) is 11.5 Å². The Morgan fingerprint density at radius 3 is 2.81 bits per heavy atom. The molecule has 0 saturated heterocycles. The number of hydrogen-bond donors (Lipinski definition) is 0. The molecule has 21 heavy (non-hydrogen) atoms. The maximum Gasteiger partial charge on any atom is 0.172 e. The Morgan fingerprint density at radius 2 is 2.19 bits per heavy atom. The van der Waals surface area contributed by atoms with Crippen molar-refractivity contribution in [1.82, 2.24) is 9.78 Å². The topological polar surface area (TPSA) is 53.4 Å². The van der Waals surface area contributed by atoms with Gasteiger partial charge in [-0.3, -0.25) is 9.48 Å². The number of methoxy groups -OCH3 is 1. The van der Waals surface area contributed by atoms with Crippen molar-refractivity contribution in [2.75, 3.05) is 7.11 Å². The summed E-state index contributed by atoms with van der Waals surface area (Å²) in [6, 6.07) is 5.22. The quantitative estimate of drug-likeness (QED) is 0.748. The monoisotopic (exact) mass is 352 g/mol. The van der Waals surface area contributed by atoms with Gasteiger partial charge in [0.1, 0.15) is 6.61 Å². The van der Waals surface area contributed by atoms with Gasteiger partial charge in [-0.15, -0.1) is 0 Å². The van der Waals surface area contributed by atoms with Gasteiger partial charge in [0, 0.05) is 6.54 Å². The molecular formula is C15H17BrN2O3. The zero-order chi connectivity index (χ0) is 15.4. The molecule has 0 bridgehead atoms. The maximum absolute atomic E-state index is 11.1. The van der Waals surface area contributed by atoms with E-state index < -0.39 is 0 Å². The zero-order valence-corrected chi connectivity index (χ0v) is 13.8. The Hall–Kier alpha value is -1.82. The van der Waals surface area contributed by atoms with Crippen LogP contribution in [0.2, 0.25) is 0 Å². The van der Waals surface area contributed by atoms with Crippen LogP contribution in [-0.2, 0) is 13.2 Å². The number of aryl methyl sites for hydroxylation is 2. The Balaban J connectivity index is 2.30. The number of halogens is 1. The van der Waals surface area contributed by atoms with E-state index in [2.05, 4.69) is 21.0 Å². The number of carbonyl (C=O) groups excluding carboxylic acids is 1. The van der Waals surface area contributed by atoms with E-state index in [9.17, 15) is 4.79 Å². The lowest BCUT2D eigenvalue weighted by Crippen LogP contribution is -2.08. The lowest BCUT2D eigenvalue weighted by atomic mass is 10.2. The first-order valence-electron chi connectivity index (χ1n) is 6.59. The van der Waals surface area contributed by atoms with Gasteiger partial charge in [0.25, 0.3) is 0 Å². The van der Waals surface area contributed by atoms with Crippen LogP contribution in [0.3, 0.4) is 0 Å². The summed E-state index contributed by atoms with van der Waals surface area (Å²) < 4.78 is 13.9. The average molecular weight is 353 g/mol. The number of para-hydroxylation sites is 1. The lowest BCUT2D eigenvalue weighted by Gasteiger charge is -2.13. The van der Waals surface area contributed by atoms with Crippen LogP contribution in [0.25, 0.3) is 0 Å². The van der Waals surface area contributed by atoms with Gasteiger partial charge in [-0.1, -0.05) is 6.07 Å². The summed E-state index contributed by atoms with van der Waals surface area (Å²) >= 11 is 3.52. The second-order valence-corrected chi connectivity index (χ2v) is 5.24. The average Bonchev–Trinajstić information content (AvgIpc) is 2.79. The number of benzene rings is 1. The highest BCUT2D eigenvalue weighted by molar-refractivity contribution is 9.10. The second-order valence-electron chi connectivity index (χ2n) is 4.45. The highest BCUT2D eigenvalue weighted by atomic mass is 79.9. The summed E-state index contributed by atoms with van der Waals surface area (Å²) in [7, 11) is 1.55. The number of ether oxygens (including phenoxy) is 2. The van der Waals surface area contributed by atoms with E-state index in [1.165, 1.54) is 0 Å². The van der Waals surface area contributed by atoms with Crippen molar-refractivity contribution < 1.29 is 14.3 Å². The smallest absolute Gasteiger partial charge is 0.172 e. The van der Waals surface area contributed by atoms with Crippen molar-refractivity contribution in [3.63, 3.8) is 0 Å². The third kappa shape index (κ3) is 3.10. The van der Waals surface area contributed by atoms with Crippen LogP contribution in [0.1, 0.15) is 28.7 Å². The predicted molar refractivity (Wildman–Crippen MR) is 83.1 cm³/mol. The van der Waals surface area contributed by atoms with Crippen molar-refractivity contribution in [3.8, 4) is 11.5 Å². The first-order chi connectivity index (χ1) is 10.1. The third-order valence-electron chi connectivity index (χ3n) is 3.16. The number of aromatic nitrogens is 2. The Kier molecular flexibility index (Phi) is 5.01. The molecule has 0 spiro atoms. The number of aldehydes is 1. The van der Waals surface area contributed by atoms with Gasteiger partial charge in [-0.05, 0) is 41.9 Å². The molecule has 112 valence electrons. The van der Waals surface area contributed by atoms with Crippen molar-refractivity contribution in [2.45, 2.75) is 27.0 Å². The summed E-state index contributed by atoms with van der Waals surface area (Å²) in [5.74, 6) is 0.985. The molecule has 0 amide bonds. The zero-order valence-electron chi connectivity index (χ0n) is 12.2. The van der Waals surface area contributed by atoms with Gasteiger partial charge in [0.15, 0.2) is 17.8 Å². The summed E-state index contributed by atoms with van der Waals surface area (Å²) in [4.78, 5) is 11.1. The molecule has 2 rings (SSSR count). The van der Waals surface area contributed by atoms with Gasteiger partial charge >= 0.3 is 0 Å². The van der Waals surface area contributed by atoms with Crippen LogP contribution in [0.4, 0.5) is 0 Å². The lowest BCUT2D eigenvalue weighted by molar-refractivity contribution is 0.111. The standard InChI is InChI=1S/C15H17BrN2O3/c1-4-18-12(14(16)10(2)17-18)9-21-15-11(8-19)6-5-7-13(15)20-3/h5-8H,4,9H2,1-3H3. The van der Waals surface area contributed by atoms with Gasteiger partial charge in [0.2, 0.25) is 0 Å². The van der Waals surface area contributed by atoms with E-state index in [4.69, 9.17) is 9.47 Å². The first kappa shape index (κ1) is 15.6. The summed E-state index contributed by atoms with van der Waals surface area (Å²) in [5.41, 5.74) is 2.30. The minimum absolute atomic E-state index is 0.302. The molecule has 0 aliphatic carbocycles. The fraction of sp³-hybridized carbons (Fsp3) is 0.333. The summed E-state index contributed by atoms with van der Waals surface area (Å²) in [6.45, 7) is 5.00. The van der Waals surface area contributed by atoms with E-state index in [1.54, 1.807) is 25.3 Å². The van der Waals surface area contributed by atoms with Crippen LogP contribution in [-0.4, -0.2) is 23.2 Å². The van der Waals surface area contributed by atoms with E-state index in [0.29, 0.717) is 23.7 Å². The molecule has 0 fully saturated rings. The minimum Gasteiger partial charge on any atom is -0.493 e. The highest BCUT2D eigenvalue weighted by Crippen LogP contribution is 2.31. The second kappa shape index (κ2) is 6.76. The number of rotatable bonds is 6. The Morgan fingerprint density at radius 1 is 1.43 bits per heavy atom. The van der Waals surface area contributed by atoms with E-state index in [-0.39, 0.29) is 0 Å². The van der Waals surface area contributed by atoms with Crippen molar-refractivity contribution in [2.24, 2.45) is 0 Å². The predicted octanol–water partition coefficient (Wildman–Crippen LogP) is 3.37. The molecule has 0 aliphatic rings. The molecule has 5 nitrogen and oxygen atoms in total. The van der Waals surface area contributed by atoms with E-state index in [0.717, 1.165) is 28.7 Å². The normalized spacial score (nSPS) is 10.5. The van der Waals surface area contributed by atoms with Crippen molar-refractivity contribution in [3.05, 3.63) is 39.6 Å². The van der Waals surface area contributed by atoms with Gasteiger partial charge < -0.3 is 9.47 Å². The largest absolute Gasteiger partial charge is 0.493 e. The molecule has 0 unspecified atom stereocenters. The first-order valence-corrected chi connectivity index (χ1v) is 7.38. The number of nitrogens with zero attached hydrogens (tertiary/aromatic N) is 2. The van der Waals surface area contributed by atoms with Crippen LogP contribution in [0, 0.1) is 6.92 Å². The highest BCUT2D eigenvalue weighted by Gasteiger charge is 2.15. The molecule has 0 saturated carbocycles. The summed E-state index contributed by atoms with van der Waals surface area (Å²) in [6.07, 6.45) is 0.759. The van der Waals surface area contributed by atoms with Crippen molar-refractivity contribution in [1.29, 1.82) is 0 Å². The van der Waals surface area contributed by atoms with Crippen LogP contribution < -0.4 is 9.47 Å². The molecule has 6 heteroatoms. The van der Waals surface area contributed by atoms with E-state index in [1.807, 2.05) is 18.5 Å². The maximum atomic E-state index is 11.1. The molecule has 1 aromatic carbocycles. The fourth-order valence-electron chi connectivity index (χ4n) is 2.09. The van der Waals surface area contributed by atoms with Gasteiger partial charge in [-0.2, -0.15) is 5.10 Å². The Labute approximate surface area is 132 Å². The number of hydrogen-bond acceptors (Lipinski definition) is 4. The van der Waals surface area contributed by atoms with Gasteiger partial charge in [0.05, 0.1) is 28.5 Å². The summed E-state index contributed by atoms with van der Waals surface area (Å²) in [5, 5.41) is 4.42. The van der Waals surface area contributed by atoms with Crippen molar-refractivity contribution >= 4 is 22.2 Å². The van der Waals surface area contributed by atoms with E-state index >= 15 is 0 Å². The number of carbonyl (C=O) groups is 1. The van der Waals surface area contributed by atoms with Crippen LogP contribution >= 0.6 is 15.9 Å². The van der Waals surface area contributed by atoms with Gasteiger partial charge in [-0.25, -0.2) is 0 Å². The molecule has 1 aromatic heterocycles. The van der Waals surface area contributed by atoms with Crippen LogP contribution in [0.15, 0.2) is 22.7 Å². The fourth-order valence-corrected chi connectivity index (χ4v) is 2.49. The minimum atomic E-state index is 0.302. The molecule has 0 atom stereocenters. The molecule has 1 heterocycles. The molecular weight excluding hydrogens is 336 g/mol. The molecule has 0 N–H and O–H groups in total. The third-order valence-corrected chi connectivity index (χ3v) is 4.19. The molecule has 0 aliphatic heterocycles.